The number of hydrogen-bond donors (Lipinski definition) is 1. The van der Waals surface area contributed by atoms with E-state index in [0.717, 1.165) is 47.3 Å². The van der Waals surface area contributed by atoms with E-state index < -0.39 is 0 Å². The number of nitrogens with one attached hydrogen (secondary N) is 1. The first-order chi connectivity index (χ1) is 16.4. The summed E-state index contributed by atoms with van der Waals surface area (Å²) in [5, 5.41) is 4.40. The summed E-state index contributed by atoms with van der Waals surface area (Å²) in [6.07, 6.45) is 6.25. The highest BCUT2D eigenvalue weighted by Gasteiger charge is 2.27. The van der Waals surface area contributed by atoms with Crippen LogP contribution in [-0.2, 0) is 24.2 Å². The summed E-state index contributed by atoms with van der Waals surface area (Å²) in [6.45, 7) is 6.33. The van der Waals surface area contributed by atoms with E-state index in [0.29, 0.717) is 6.54 Å². The lowest BCUT2D eigenvalue weighted by atomic mass is 9.90. The Morgan fingerprint density at radius 2 is 1.94 bits per heavy atom. The van der Waals surface area contributed by atoms with E-state index in [2.05, 4.69) is 38.1 Å². The summed E-state index contributed by atoms with van der Waals surface area (Å²) in [7, 11) is 0. The quantitative estimate of drug-likeness (QED) is 0.448. The van der Waals surface area contributed by atoms with E-state index in [1.165, 1.54) is 22.7 Å². The first kappa shape index (κ1) is 22.3. The molecule has 0 radical (unpaired) electrons. The maximum Gasteiger partial charge on any atom is 0.222 e. The summed E-state index contributed by atoms with van der Waals surface area (Å²) in [4.78, 5) is 21.1. The van der Waals surface area contributed by atoms with Crippen LogP contribution in [0.25, 0.3) is 22.0 Å². The van der Waals surface area contributed by atoms with Gasteiger partial charge in [-0.3, -0.25) is 4.79 Å². The number of aromatic nitrogens is 3. The van der Waals surface area contributed by atoms with Crippen molar-refractivity contribution < 1.29 is 9.18 Å². The molecule has 5 nitrogen and oxygen atoms in total. The van der Waals surface area contributed by atoms with Gasteiger partial charge in [-0.25, -0.2) is 14.4 Å². The molecule has 34 heavy (non-hydrogen) atoms. The molecule has 2 aromatic carbocycles. The van der Waals surface area contributed by atoms with Crippen molar-refractivity contribution in [1.82, 2.24) is 19.9 Å². The van der Waals surface area contributed by atoms with Crippen LogP contribution in [0, 0.1) is 18.7 Å². The van der Waals surface area contributed by atoms with Crippen molar-refractivity contribution >= 4 is 16.8 Å². The van der Waals surface area contributed by atoms with Crippen molar-refractivity contribution in [2.75, 3.05) is 0 Å². The number of nitrogens with zero attached hydrogens (tertiary/aromatic N) is 3. The van der Waals surface area contributed by atoms with Gasteiger partial charge in [-0.2, -0.15) is 0 Å². The molecule has 1 aliphatic rings. The lowest BCUT2D eigenvalue weighted by molar-refractivity contribution is -0.124. The van der Waals surface area contributed by atoms with Gasteiger partial charge in [0, 0.05) is 53.1 Å². The predicted octanol–water partition coefficient (Wildman–Crippen LogP) is 5.22. The zero-order valence-corrected chi connectivity index (χ0v) is 19.8. The Kier molecular flexibility index (Phi) is 5.90. The fraction of sp³-hybridized carbons (Fsp3) is 0.321. The van der Waals surface area contributed by atoms with Gasteiger partial charge in [-0.15, -0.1) is 0 Å². The van der Waals surface area contributed by atoms with Crippen LogP contribution < -0.4 is 5.32 Å². The molecule has 0 saturated carbocycles. The van der Waals surface area contributed by atoms with Crippen LogP contribution >= 0.6 is 0 Å². The van der Waals surface area contributed by atoms with Crippen molar-refractivity contribution in [2.24, 2.45) is 5.92 Å². The van der Waals surface area contributed by atoms with Crippen molar-refractivity contribution in [3.8, 4) is 11.1 Å². The molecule has 0 spiro atoms. The van der Waals surface area contributed by atoms with Gasteiger partial charge in [0.15, 0.2) is 0 Å². The van der Waals surface area contributed by atoms with Crippen LogP contribution in [0.15, 0.2) is 54.9 Å². The minimum Gasteiger partial charge on any atom is -0.353 e. The average Bonchev–Trinajstić information content (AvgIpc) is 3.12. The Bertz CT molecular complexity index is 1360. The van der Waals surface area contributed by atoms with Crippen molar-refractivity contribution in [3.05, 3.63) is 83.3 Å². The number of hydrogen-bond acceptors (Lipinski definition) is 3. The molecule has 0 fully saturated rings. The molecule has 2 heterocycles. The number of rotatable bonds is 5. The standard InChI is InChI=1S/C28H29FN4O/c1-17(2)28(34)32-23-8-10-27-25(13-23)24-12-20(21-14-30-18(3)31-15-21)7-9-26(24)33(27)16-19-5-4-6-22(29)11-19/h4-7,9,11-12,14-15,17,23H,8,10,13,16H2,1-3H3,(H,32,34). The molecule has 1 unspecified atom stereocenters. The highest BCUT2D eigenvalue weighted by Crippen LogP contribution is 2.35. The molecular weight excluding hydrogens is 427 g/mol. The van der Waals surface area contributed by atoms with Gasteiger partial charge in [0.2, 0.25) is 5.91 Å². The molecule has 1 atom stereocenters. The summed E-state index contributed by atoms with van der Waals surface area (Å²) >= 11 is 0. The summed E-state index contributed by atoms with van der Waals surface area (Å²) < 4.78 is 16.2. The zero-order valence-electron chi connectivity index (χ0n) is 19.8. The van der Waals surface area contributed by atoms with E-state index in [4.69, 9.17) is 0 Å². The molecule has 0 bridgehead atoms. The number of fused-ring (bicyclic) bond motifs is 3. The third-order valence-corrected chi connectivity index (χ3v) is 6.68. The average molecular weight is 457 g/mol. The second-order valence-electron chi connectivity index (χ2n) is 9.50. The summed E-state index contributed by atoms with van der Waals surface area (Å²) in [6, 6.07) is 13.4. The second kappa shape index (κ2) is 9.01. The first-order valence-electron chi connectivity index (χ1n) is 11.9. The Labute approximate surface area is 199 Å². The number of amides is 1. The lowest BCUT2D eigenvalue weighted by Crippen LogP contribution is -2.41. The highest BCUT2D eigenvalue weighted by molar-refractivity contribution is 5.90. The van der Waals surface area contributed by atoms with Crippen LogP contribution in [0.2, 0.25) is 0 Å². The van der Waals surface area contributed by atoms with E-state index in [1.807, 2.05) is 39.2 Å². The van der Waals surface area contributed by atoms with Gasteiger partial charge in [-0.1, -0.05) is 32.0 Å². The fourth-order valence-corrected chi connectivity index (χ4v) is 4.86. The number of carbonyl (C=O) groups excluding carboxylic acids is 1. The molecule has 174 valence electrons. The Morgan fingerprint density at radius 1 is 1.15 bits per heavy atom. The van der Waals surface area contributed by atoms with Gasteiger partial charge < -0.3 is 9.88 Å². The van der Waals surface area contributed by atoms with Crippen LogP contribution in [0.1, 0.15) is 42.9 Å². The minimum absolute atomic E-state index is 0.0381. The van der Waals surface area contributed by atoms with Crippen LogP contribution in [-0.4, -0.2) is 26.5 Å². The maximum absolute atomic E-state index is 13.9. The molecule has 1 amide bonds. The third kappa shape index (κ3) is 4.32. The van der Waals surface area contributed by atoms with Crippen molar-refractivity contribution in [3.63, 3.8) is 0 Å². The monoisotopic (exact) mass is 456 g/mol. The SMILES string of the molecule is Cc1ncc(-c2ccc3c(c2)c2c(n3Cc3cccc(F)c3)CCC(NC(=O)C(C)C)C2)cn1. The number of aryl methyl sites for hydroxylation is 1. The van der Waals surface area contributed by atoms with Crippen LogP contribution in [0.4, 0.5) is 4.39 Å². The predicted molar refractivity (Wildman–Crippen MR) is 132 cm³/mol. The van der Waals surface area contributed by atoms with Crippen molar-refractivity contribution in [2.45, 2.75) is 52.6 Å². The molecule has 0 aliphatic heterocycles. The molecule has 2 aromatic heterocycles. The summed E-state index contributed by atoms with van der Waals surface area (Å²) in [5.74, 6) is 0.575. The molecule has 6 heteroatoms. The fourth-order valence-electron chi connectivity index (χ4n) is 4.86. The second-order valence-corrected chi connectivity index (χ2v) is 9.50. The molecule has 1 aliphatic carbocycles. The van der Waals surface area contributed by atoms with Crippen LogP contribution in [0.3, 0.4) is 0 Å². The third-order valence-electron chi connectivity index (χ3n) is 6.68. The number of halogens is 1. The normalized spacial score (nSPS) is 15.5. The molecule has 0 saturated heterocycles. The Morgan fingerprint density at radius 3 is 2.68 bits per heavy atom. The van der Waals surface area contributed by atoms with Gasteiger partial charge in [0.05, 0.1) is 0 Å². The summed E-state index contributed by atoms with van der Waals surface area (Å²) in [5.41, 5.74) is 6.63. The van der Waals surface area contributed by atoms with E-state index in [-0.39, 0.29) is 23.7 Å². The molecular formula is C28H29FN4O. The maximum atomic E-state index is 13.9. The van der Waals surface area contributed by atoms with E-state index >= 15 is 0 Å². The van der Waals surface area contributed by atoms with Gasteiger partial charge >= 0.3 is 0 Å². The van der Waals surface area contributed by atoms with Gasteiger partial charge in [-0.05, 0) is 67.1 Å². The largest absolute Gasteiger partial charge is 0.353 e. The minimum atomic E-state index is -0.221. The van der Waals surface area contributed by atoms with Gasteiger partial charge in [0.1, 0.15) is 11.6 Å². The topological polar surface area (TPSA) is 59.8 Å². The molecule has 5 rings (SSSR count). The van der Waals surface area contributed by atoms with E-state index in [9.17, 15) is 9.18 Å². The smallest absolute Gasteiger partial charge is 0.222 e. The van der Waals surface area contributed by atoms with Gasteiger partial charge in [0.25, 0.3) is 0 Å². The van der Waals surface area contributed by atoms with Crippen LogP contribution in [0.5, 0.6) is 0 Å². The molecule has 1 N–H and O–H groups in total. The Hall–Kier alpha value is -3.54. The van der Waals surface area contributed by atoms with Crippen molar-refractivity contribution in [1.29, 1.82) is 0 Å². The zero-order chi connectivity index (χ0) is 23.8. The highest BCUT2D eigenvalue weighted by atomic mass is 19.1. The Balaban J connectivity index is 1.59. The lowest BCUT2D eigenvalue weighted by Gasteiger charge is -2.26. The first-order valence-corrected chi connectivity index (χ1v) is 11.9. The molecule has 4 aromatic rings. The van der Waals surface area contributed by atoms with E-state index in [1.54, 1.807) is 12.1 Å². The number of carbonyl (C=O) groups is 1. The number of benzene rings is 2.